The smallest absolute Gasteiger partial charge is 0.324 e. The molecule has 0 spiro atoms. The number of unbranched alkanes of at least 4 members (excludes halogenated alkanes) is 1. The van der Waals surface area contributed by atoms with E-state index in [4.69, 9.17) is 9.26 Å². The lowest BCUT2D eigenvalue weighted by Crippen LogP contribution is -2.43. The van der Waals surface area contributed by atoms with Crippen LogP contribution in [-0.2, 0) is 4.79 Å². The van der Waals surface area contributed by atoms with E-state index in [9.17, 15) is 4.79 Å². The first-order valence-electron chi connectivity index (χ1n) is 9.22. The number of piperidine rings is 1. The van der Waals surface area contributed by atoms with E-state index in [0.717, 1.165) is 50.1 Å². The maximum Gasteiger partial charge on any atom is 0.324 e. The van der Waals surface area contributed by atoms with E-state index >= 15 is 0 Å². The Morgan fingerprint density at radius 1 is 1.38 bits per heavy atom. The maximum absolute atomic E-state index is 12.3. The maximum atomic E-state index is 12.3. The van der Waals surface area contributed by atoms with Crippen molar-refractivity contribution in [3.8, 4) is 17.1 Å². The standard InChI is InChI=1S/C19H26N4O3/c1-3-4-11-20-18(24)15-6-5-12-23(13-15)19-21-17(22-26-19)14-7-9-16(25-2)10-8-14/h7-10,15H,3-6,11-13H2,1-2H3,(H,20,24)/t15-/m1/s1. The molecule has 26 heavy (non-hydrogen) atoms. The molecule has 1 aliphatic rings. The quantitative estimate of drug-likeness (QED) is 0.767. The van der Waals surface area contributed by atoms with E-state index in [1.54, 1.807) is 7.11 Å². The Hall–Kier alpha value is -2.57. The summed E-state index contributed by atoms with van der Waals surface area (Å²) in [4.78, 5) is 18.8. The first-order valence-corrected chi connectivity index (χ1v) is 9.22. The van der Waals surface area contributed by atoms with Gasteiger partial charge in [-0.15, -0.1) is 0 Å². The summed E-state index contributed by atoms with van der Waals surface area (Å²) in [6.07, 6.45) is 3.92. The summed E-state index contributed by atoms with van der Waals surface area (Å²) >= 11 is 0. The SMILES string of the molecule is CCCCNC(=O)[C@@H]1CCCN(c2nc(-c3ccc(OC)cc3)no2)C1. The Morgan fingerprint density at radius 3 is 2.92 bits per heavy atom. The average molecular weight is 358 g/mol. The molecule has 1 amide bonds. The van der Waals surface area contributed by atoms with Gasteiger partial charge in [0.05, 0.1) is 13.0 Å². The number of methoxy groups -OCH3 is 1. The van der Waals surface area contributed by atoms with E-state index in [-0.39, 0.29) is 11.8 Å². The summed E-state index contributed by atoms with van der Waals surface area (Å²) in [6.45, 7) is 4.30. The van der Waals surface area contributed by atoms with Gasteiger partial charge >= 0.3 is 6.01 Å². The fourth-order valence-electron chi connectivity index (χ4n) is 3.10. The molecule has 1 fully saturated rings. The fourth-order valence-corrected chi connectivity index (χ4v) is 3.10. The van der Waals surface area contributed by atoms with Gasteiger partial charge in [-0.1, -0.05) is 18.5 Å². The van der Waals surface area contributed by atoms with E-state index in [1.165, 1.54) is 0 Å². The molecule has 0 bridgehead atoms. The second-order valence-corrected chi connectivity index (χ2v) is 6.56. The number of carbonyl (C=O) groups excluding carboxylic acids is 1. The molecule has 0 radical (unpaired) electrons. The van der Waals surface area contributed by atoms with Gasteiger partial charge in [-0.25, -0.2) is 0 Å². The zero-order chi connectivity index (χ0) is 18.4. The van der Waals surface area contributed by atoms with Gasteiger partial charge < -0.3 is 19.5 Å². The number of rotatable bonds is 7. The van der Waals surface area contributed by atoms with Gasteiger partial charge in [-0.3, -0.25) is 4.79 Å². The highest BCUT2D eigenvalue weighted by Gasteiger charge is 2.28. The molecule has 2 aromatic rings. The minimum absolute atomic E-state index is 0.0306. The van der Waals surface area contributed by atoms with Crippen LogP contribution in [0.2, 0.25) is 0 Å². The molecule has 140 valence electrons. The van der Waals surface area contributed by atoms with E-state index in [2.05, 4.69) is 22.4 Å². The Morgan fingerprint density at radius 2 is 2.19 bits per heavy atom. The van der Waals surface area contributed by atoms with Gasteiger partial charge in [-0.05, 0) is 43.5 Å². The summed E-state index contributed by atoms with van der Waals surface area (Å²) < 4.78 is 10.6. The van der Waals surface area contributed by atoms with Crippen molar-refractivity contribution < 1.29 is 14.1 Å². The predicted molar refractivity (Wildman–Crippen MR) is 99.1 cm³/mol. The molecule has 1 aromatic heterocycles. The first kappa shape index (κ1) is 18.2. The van der Waals surface area contributed by atoms with Crippen LogP contribution in [0.4, 0.5) is 6.01 Å². The van der Waals surface area contributed by atoms with Crippen molar-refractivity contribution in [1.82, 2.24) is 15.5 Å². The molecular weight excluding hydrogens is 332 g/mol. The molecule has 0 aliphatic carbocycles. The Balaban J connectivity index is 1.63. The van der Waals surface area contributed by atoms with Crippen LogP contribution in [0.15, 0.2) is 28.8 Å². The van der Waals surface area contributed by atoms with Crippen LogP contribution in [0.1, 0.15) is 32.6 Å². The predicted octanol–water partition coefficient (Wildman–Crippen LogP) is 2.88. The van der Waals surface area contributed by atoms with E-state index in [0.29, 0.717) is 18.4 Å². The normalized spacial score (nSPS) is 17.2. The lowest BCUT2D eigenvalue weighted by molar-refractivity contribution is -0.125. The minimum atomic E-state index is -0.0306. The molecule has 0 unspecified atom stereocenters. The second-order valence-electron chi connectivity index (χ2n) is 6.56. The third-order valence-electron chi connectivity index (χ3n) is 4.66. The van der Waals surface area contributed by atoms with Crippen LogP contribution in [0.5, 0.6) is 5.75 Å². The van der Waals surface area contributed by atoms with Crippen LogP contribution in [0, 0.1) is 5.92 Å². The monoisotopic (exact) mass is 358 g/mol. The van der Waals surface area contributed by atoms with Crippen molar-refractivity contribution in [2.75, 3.05) is 31.6 Å². The van der Waals surface area contributed by atoms with Gasteiger partial charge in [0.1, 0.15) is 5.75 Å². The van der Waals surface area contributed by atoms with Crippen LogP contribution < -0.4 is 15.0 Å². The summed E-state index contributed by atoms with van der Waals surface area (Å²) in [5.41, 5.74) is 0.867. The minimum Gasteiger partial charge on any atom is -0.497 e. The van der Waals surface area contributed by atoms with Gasteiger partial charge in [0, 0.05) is 25.2 Å². The summed E-state index contributed by atoms with van der Waals surface area (Å²) in [7, 11) is 1.63. The van der Waals surface area contributed by atoms with Crippen molar-refractivity contribution in [2.24, 2.45) is 5.92 Å². The van der Waals surface area contributed by atoms with Crippen LogP contribution in [-0.4, -0.2) is 42.8 Å². The van der Waals surface area contributed by atoms with Crippen LogP contribution in [0.25, 0.3) is 11.4 Å². The third-order valence-corrected chi connectivity index (χ3v) is 4.66. The lowest BCUT2D eigenvalue weighted by atomic mass is 9.97. The van der Waals surface area contributed by atoms with E-state index in [1.807, 2.05) is 29.2 Å². The topological polar surface area (TPSA) is 80.5 Å². The van der Waals surface area contributed by atoms with Gasteiger partial charge in [0.15, 0.2) is 0 Å². The third kappa shape index (κ3) is 4.33. The highest BCUT2D eigenvalue weighted by Crippen LogP contribution is 2.25. The summed E-state index contributed by atoms with van der Waals surface area (Å²) in [6, 6.07) is 7.99. The molecule has 1 aromatic carbocycles. The molecule has 2 heterocycles. The summed E-state index contributed by atoms with van der Waals surface area (Å²) in [5, 5.41) is 7.10. The van der Waals surface area contributed by atoms with Crippen molar-refractivity contribution in [2.45, 2.75) is 32.6 Å². The number of ether oxygens (including phenoxy) is 1. The zero-order valence-electron chi connectivity index (χ0n) is 15.4. The Labute approximate surface area is 153 Å². The number of carbonyl (C=O) groups is 1. The van der Waals surface area contributed by atoms with E-state index < -0.39 is 0 Å². The zero-order valence-corrected chi connectivity index (χ0v) is 15.4. The number of hydrogen-bond acceptors (Lipinski definition) is 6. The molecule has 7 nitrogen and oxygen atoms in total. The van der Waals surface area contributed by atoms with Crippen molar-refractivity contribution >= 4 is 11.9 Å². The number of aromatic nitrogens is 2. The van der Waals surface area contributed by atoms with Crippen LogP contribution in [0.3, 0.4) is 0 Å². The first-order chi connectivity index (χ1) is 12.7. The molecule has 1 atom stereocenters. The molecule has 1 N–H and O–H groups in total. The van der Waals surface area contributed by atoms with Crippen molar-refractivity contribution in [3.63, 3.8) is 0 Å². The molecule has 7 heteroatoms. The highest BCUT2D eigenvalue weighted by molar-refractivity contribution is 5.79. The molecular formula is C19H26N4O3. The van der Waals surface area contributed by atoms with Crippen molar-refractivity contribution in [3.05, 3.63) is 24.3 Å². The number of benzene rings is 1. The number of nitrogens with zero attached hydrogens (tertiary/aromatic N) is 3. The molecule has 0 saturated carbocycles. The number of anilines is 1. The average Bonchev–Trinajstić information content (AvgIpc) is 3.18. The second kappa shape index (κ2) is 8.69. The molecule has 1 aliphatic heterocycles. The fraction of sp³-hybridized carbons (Fsp3) is 0.526. The molecule has 1 saturated heterocycles. The number of nitrogens with one attached hydrogen (secondary N) is 1. The van der Waals surface area contributed by atoms with Crippen molar-refractivity contribution in [1.29, 1.82) is 0 Å². The lowest BCUT2D eigenvalue weighted by Gasteiger charge is -2.30. The number of hydrogen-bond donors (Lipinski definition) is 1. The highest BCUT2D eigenvalue weighted by atomic mass is 16.5. The van der Waals surface area contributed by atoms with Gasteiger partial charge in [0.25, 0.3) is 0 Å². The van der Waals surface area contributed by atoms with Crippen LogP contribution >= 0.6 is 0 Å². The largest absolute Gasteiger partial charge is 0.497 e. The number of amides is 1. The Kier molecular flexibility index (Phi) is 6.09. The van der Waals surface area contributed by atoms with Gasteiger partial charge in [0.2, 0.25) is 11.7 Å². The summed E-state index contributed by atoms with van der Waals surface area (Å²) in [5.74, 6) is 1.41. The molecule has 3 rings (SSSR count). The van der Waals surface area contributed by atoms with Gasteiger partial charge in [-0.2, -0.15) is 4.98 Å². The Bertz CT molecular complexity index is 714.